The van der Waals surface area contributed by atoms with Crippen molar-refractivity contribution >= 4 is 74.8 Å². The van der Waals surface area contributed by atoms with Gasteiger partial charge in [0, 0.05) is 0 Å². The van der Waals surface area contributed by atoms with Gasteiger partial charge in [0.1, 0.15) is 11.3 Å². The number of hydrogen-bond acceptors (Lipinski definition) is 4. The van der Waals surface area contributed by atoms with Gasteiger partial charge in [0.2, 0.25) is 0 Å². The van der Waals surface area contributed by atoms with E-state index in [1.54, 1.807) is 19.2 Å². The predicted molar refractivity (Wildman–Crippen MR) is 123 cm³/mol. The molecule has 2 aromatic carbocycles. The number of benzene rings is 2. The van der Waals surface area contributed by atoms with Crippen LogP contribution in [0.3, 0.4) is 0 Å². The van der Waals surface area contributed by atoms with Gasteiger partial charge in [-0.2, -0.15) is 0 Å². The van der Waals surface area contributed by atoms with Crippen LogP contribution in [0.5, 0.6) is 5.75 Å². The van der Waals surface area contributed by atoms with E-state index in [-0.39, 0.29) is 5.57 Å². The minimum Gasteiger partial charge on any atom is -0.495 e. The van der Waals surface area contributed by atoms with Gasteiger partial charge in [-0.1, -0.05) is 6.07 Å². The molecule has 0 unspecified atom stereocenters. The van der Waals surface area contributed by atoms with E-state index in [0.29, 0.717) is 11.3 Å². The Balaban J connectivity index is 2.05. The van der Waals surface area contributed by atoms with Crippen LogP contribution in [0.2, 0.25) is 0 Å². The molecule has 1 N–H and O–H groups in total. The van der Waals surface area contributed by atoms with E-state index in [1.165, 1.54) is 6.08 Å². The van der Waals surface area contributed by atoms with Crippen LogP contribution in [0.15, 0.2) is 35.9 Å². The number of ether oxygens (including phenoxy) is 1. The Morgan fingerprint density at radius 2 is 1.64 bits per heavy atom. The zero-order chi connectivity index (χ0) is 20.6. The monoisotopic (exact) mass is 602 g/mol. The summed E-state index contributed by atoms with van der Waals surface area (Å²) in [5, 5.41) is 2.24. The average Bonchev–Trinajstić information content (AvgIpc) is 2.61. The van der Waals surface area contributed by atoms with Gasteiger partial charge in [-0.25, -0.2) is 9.69 Å². The van der Waals surface area contributed by atoms with Crippen molar-refractivity contribution in [2.45, 2.75) is 13.8 Å². The third kappa shape index (κ3) is 3.93. The number of rotatable bonds is 3. The molecule has 0 radical (unpaired) electrons. The molecule has 6 nitrogen and oxygen atoms in total. The molecule has 28 heavy (non-hydrogen) atoms. The number of imide groups is 2. The Labute approximate surface area is 189 Å². The molecule has 1 heterocycles. The number of barbiturate groups is 1. The molecule has 0 saturated carbocycles. The van der Waals surface area contributed by atoms with Crippen molar-refractivity contribution in [2.75, 3.05) is 12.0 Å². The van der Waals surface area contributed by atoms with E-state index in [9.17, 15) is 14.4 Å². The zero-order valence-corrected chi connectivity index (χ0v) is 19.6. The lowest BCUT2D eigenvalue weighted by atomic mass is 10.1. The molecule has 0 aromatic heterocycles. The fraction of sp³-hybridized carbons (Fsp3) is 0.150. The first kappa shape index (κ1) is 20.8. The fourth-order valence-corrected chi connectivity index (χ4v) is 5.04. The van der Waals surface area contributed by atoms with Crippen molar-refractivity contribution in [3.8, 4) is 5.75 Å². The molecule has 8 heteroatoms. The number of nitrogens with zero attached hydrogens (tertiary/aromatic N) is 1. The van der Waals surface area contributed by atoms with Gasteiger partial charge >= 0.3 is 6.03 Å². The highest BCUT2D eigenvalue weighted by Gasteiger charge is 2.36. The van der Waals surface area contributed by atoms with Crippen molar-refractivity contribution < 1.29 is 19.1 Å². The first-order valence-electron chi connectivity index (χ1n) is 8.24. The summed E-state index contributed by atoms with van der Waals surface area (Å²) in [7, 11) is 1.59. The highest BCUT2D eigenvalue weighted by molar-refractivity contribution is 14.1. The molecule has 4 amide bonds. The molecule has 144 valence electrons. The van der Waals surface area contributed by atoms with Crippen LogP contribution in [-0.2, 0) is 9.59 Å². The van der Waals surface area contributed by atoms with Gasteiger partial charge in [-0.15, -0.1) is 0 Å². The van der Waals surface area contributed by atoms with Gasteiger partial charge in [0.05, 0.1) is 19.9 Å². The minimum atomic E-state index is -0.755. The second-order valence-corrected chi connectivity index (χ2v) is 8.57. The number of halogens is 2. The highest BCUT2D eigenvalue weighted by Crippen LogP contribution is 2.30. The van der Waals surface area contributed by atoms with Gasteiger partial charge < -0.3 is 4.74 Å². The number of aryl methyl sites for hydroxylation is 2. The van der Waals surface area contributed by atoms with Crippen LogP contribution < -0.4 is 15.0 Å². The average molecular weight is 602 g/mol. The lowest BCUT2D eigenvalue weighted by molar-refractivity contribution is -0.122. The number of nitrogens with one attached hydrogen (secondary N) is 1. The number of hydrogen-bond donors (Lipinski definition) is 1. The summed E-state index contributed by atoms with van der Waals surface area (Å²) >= 11 is 4.26. The van der Waals surface area contributed by atoms with Gasteiger partial charge in [0.25, 0.3) is 11.8 Å². The Hall–Kier alpha value is -1.95. The maximum Gasteiger partial charge on any atom is 0.335 e. The van der Waals surface area contributed by atoms with Crippen LogP contribution >= 0.6 is 45.2 Å². The van der Waals surface area contributed by atoms with Crippen molar-refractivity contribution in [1.29, 1.82) is 0 Å². The molecule has 0 aliphatic carbocycles. The summed E-state index contributed by atoms with van der Waals surface area (Å²) in [5.41, 5.74) is 2.97. The summed E-state index contributed by atoms with van der Waals surface area (Å²) < 4.78 is 7.04. The summed E-state index contributed by atoms with van der Waals surface area (Å²) in [5.74, 6) is -0.636. The summed E-state index contributed by atoms with van der Waals surface area (Å²) in [6.45, 7) is 3.84. The molecule has 1 aliphatic rings. The lowest BCUT2D eigenvalue weighted by Crippen LogP contribution is -2.54. The van der Waals surface area contributed by atoms with E-state index >= 15 is 0 Å². The van der Waals surface area contributed by atoms with E-state index in [0.717, 1.165) is 28.9 Å². The van der Waals surface area contributed by atoms with Crippen LogP contribution in [0, 0.1) is 21.0 Å². The van der Waals surface area contributed by atoms with Crippen molar-refractivity contribution in [3.05, 3.63) is 59.7 Å². The number of carbonyl (C=O) groups excluding carboxylic acids is 3. The normalized spacial score (nSPS) is 15.8. The Morgan fingerprint density at radius 1 is 1.00 bits per heavy atom. The van der Waals surface area contributed by atoms with Crippen LogP contribution in [0.1, 0.15) is 16.7 Å². The first-order valence-corrected chi connectivity index (χ1v) is 10.4. The standard InChI is InChI=1S/C20H16I2N2O4/c1-10-4-5-13(6-11(10)2)24-19(26)14(18(25)23-20(24)27)7-12-8-15(21)17(28-3)16(22)9-12/h4-9H,1-3H3,(H,23,25,27)/b14-7+. The van der Waals surface area contributed by atoms with Crippen molar-refractivity contribution in [2.24, 2.45) is 0 Å². The van der Waals surface area contributed by atoms with Gasteiger partial charge in [-0.3, -0.25) is 14.9 Å². The minimum absolute atomic E-state index is 0.102. The molecule has 1 fully saturated rings. The smallest absolute Gasteiger partial charge is 0.335 e. The van der Waals surface area contributed by atoms with E-state index in [2.05, 4.69) is 50.5 Å². The first-order chi connectivity index (χ1) is 13.2. The third-order valence-electron chi connectivity index (χ3n) is 4.39. The van der Waals surface area contributed by atoms with E-state index < -0.39 is 17.8 Å². The number of urea groups is 1. The summed E-state index contributed by atoms with van der Waals surface area (Å²) in [6.07, 6.45) is 1.49. The SMILES string of the molecule is COc1c(I)cc(/C=C2\C(=O)NC(=O)N(c3ccc(C)c(C)c3)C2=O)cc1I. The van der Waals surface area contributed by atoms with E-state index in [1.807, 2.05) is 32.0 Å². The van der Waals surface area contributed by atoms with Gasteiger partial charge in [0.15, 0.2) is 0 Å². The van der Waals surface area contributed by atoms with Crippen LogP contribution in [0.25, 0.3) is 6.08 Å². The number of carbonyl (C=O) groups is 3. The molecule has 1 aliphatic heterocycles. The lowest BCUT2D eigenvalue weighted by Gasteiger charge is -2.27. The zero-order valence-electron chi connectivity index (χ0n) is 15.3. The molecule has 0 bridgehead atoms. The maximum absolute atomic E-state index is 13.0. The third-order valence-corrected chi connectivity index (χ3v) is 5.99. The summed E-state index contributed by atoms with van der Waals surface area (Å²) in [6, 6.07) is 8.14. The quantitative estimate of drug-likeness (QED) is 0.325. The Kier molecular flexibility index (Phi) is 6.08. The topological polar surface area (TPSA) is 75.7 Å². The molecule has 0 atom stereocenters. The molecular weight excluding hydrogens is 586 g/mol. The maximum atomic E-state index is 13.0. The van der Waals surface area contributed by atoms with Crippen molar-refractivity contribution in [1.82, 2.24) is 5.32 Å². The second kappa shape index (κ2) is 8.19. The van der Waals surface area contributed by atoms with Crippen LogP contribution in [0.4, 0.5) is 10.5 Å². The fourth-order valence-electron chi connectivity index (χ4n) is 2.78. The second-order valence-electron chi connectivity index (χ2n) is 6.24. The van der Waals surface area contributed by atoms with Crippen molar-refractivity contribution in [3.63, 3.8) is 0 Å². The molecular formula is C20H16I2N2O4. The number of anilines is 1. The molecule has 1 saturated heterocycles. The van der Waals surface area contributed by atoms with Gasteiger partial charge in [-0.05, 0) is 106 Å². The number of amides is 4. The highest BCUT2D eigenvalue weighted by atomic mass is 127. The van der Waals surface area contributed by atoms with E-state index in [4.69, 9.17) is 4.74 Å². The molecule has 2 aromatic rings. The Morgan fingerprint density at radius 3 is 2.21 bits per heavy atom. The number of methoxy groups -OCH3 is 1. The summed E-state index contributed by atoms with van der Waals surface area (Å²) in [4.78, 5) is 38.6. The Bertz CT molecular complexity index is 1020. The van der Waals surface area contributed by atoms with Crippen LogP contribution in [-0.4, -0.2) is 25.0 Å². The molecule has 0 spiro atoms. The largest absolute Gasteiger partial charge is 0.495 e. The molecule has 3 rings (SSSR count). The predicted octanol–water partition coefficient (Wildman–Crippen LogP) is 4.19.